The van der Waals surface area contributed by atoms with E-state index in [-0.39, 0.29) is 11.8 Å². The summed E-state index contributed by atoms with van der Waals surface area (Å²) < 4.78 is 4.95. The van der Waals surface area contributed by atoms with Crippen LogP contribution in [0.2, 0.25) is 0 Å². The van der Waals surface area contributed by atoms with Gasteiger partial charge in [-0.15, -0.1) is 0 Å². The predicted octanol–water partition coefficient (Wildman–Crippen LogP) is 1.64. The number of hydrogen-bond donors (Lipinski definition) is 1. The molecule has 120 valence electrons. The number of carbonyl (C=O) groups excluding carboxylic acids is 2. The number of nitrogens with one attached hydrogen (secondary N) is 1. The maximum Gasteiger partial charge on any atom is 0.245 e. The molecular weight excluding hydrogens is 280 g/mol. The first-order valence-corrected chi connectivity index (χ1v) is 7.61. The first kappa shape index (κ1) is 16.5. The zero-order chi connectivity index (χ0) is 16.2. The second-order valence-corrected chi connectivity index (χ2v) is 5.93. The van der Waals surface area contributed by atoms with Crippen molar-refractivity contribution < 1.29 is 14.3 Å². The number of amides is 2. The van der Waals surface area contributed by atoms with Crippen molar-refractivity contribution in [3.8, 4) is 0 Å². The number of ether oxygens (including phenoxy) is 1. The molecule has 1 aliphatic heterocycles. The molecule has 1 saturated heterocycles. The van der Waals surface area contributed by atoms with Crippen LogP contribution in [0.1, 0.15) is 30.9 Å². The normalized spacial score (nSPS) is 21.2. The Balaban J connectivity index is 2.14. The molecule has 0 saturated carbocycles. The Morgan fingerprint density at radius 1 is 1.41 bits per heavy atom. The van der Waals surface area contributed by atoms with E-state index in [4.69, 9.17) is 4.74 Å². The molecule has 0 unspecified atom stereocenters. The largest absolute Gasteiger partial charge is 0.383 e. The van der Waals surface area contributed by atoms with Crippen LogP contribution in [0.4, 0.5) is 0 Å². The molecule has 5 heteroatoms. The van der Waals surface area contributed by atoms with Gasteiger partial charge in [-0.05, 0) is 31.4 Å². The summed E-state index contributed by atoms with van der Waals surface area (Å²) in [5, 5.41) is 2.86. The van der Waals surface area contributed by atoms with E-state index in [0.29, 0.717) is 32.5 Å². The Morgan fingerprint density at radius 2 is 2.14 bits per heavy atom. The molecule has 22 heavy (non-hydrogen) atoms. The van der Waals surface area contributed by atoms with Crippen molar-refractivity contribution in [2.24, 2.45) is 0 Å². The van der Waals surface area contributed by atoms with Crippen LogP contribution in [0.15, 0.2) is 24.3 Å². The molecule has 1 fully saturated rings. The Morgan fingerprint density at radius 3 is 2.82 bits per heavy atom. The van der Waals surface area contributed by atoms with E-state index in [9.17, 15) is 9.59 Å². The number of likely N-dealkylation sites (tertiary alicyclic amines) is 1. The van der Waals surface area contributed by atoms with Crippen LogP contribution < -0.4 is 5.32 Å². The van der Waals surface area contributed by atoms with Gasteiger partial charge in [-0.2, -0.15) is 0 Å². The second kappa shape index (κ2) is 6.92. The van der Waals surface area contributed by atoms with Gasteiger partial charge in [-0.25, -0.2) is 0 Å². The van der Waals surface area contributed by atoms with Crippen molar-refractivity contribution in [1.29, 1.82) is 0 Å². The fraction of sp³-hybridized carbons (Fsp3) is 0.529. The molecule has 1 N–H and O–H groups in total. The molecular formula is C17H24N2O3. The molecule has 0 aromatic heterocycles. The molecule has 1 aliphatic rings. The number of carbonyl (C=O) groups is 2. The van der Waals surface area contributed by atoms with Gasteiger partial charge in [-0.3, -0.25) is 9.59 Å². The monoisotopic (exact) mass is 304 g/mol. The summed E-state index contributed by atoms with van der Waals surface area (Å²) in [6, 6.07) is 7.95. The molecule has 0 bridgehead atoms. The van der Waals surface area contributed by atoms with E-state index < -0.39 is 5.54 Å². The highest BCUT2D eigenvalue weighted by Gasteiger charge is 2.47. The highest BCUT2D eigenvalue weighted by atomic mass is 16.5. The van der Waals surface area contributed by atoms with Gasteiger partial charge < -0.3 is 15.0 Å². The highest BCUT2D eigenvalue weighted by molar-refractivity contribution is 5.94. The minimum atomic E-state index is -0.785. The first-order valence-electron chi connectivity index (χ1n) is 7.61. The van der Waals surface area contributed by atoms with E-state index in [1.807, 2.05) is 38.1 Å². The number of nitrogens with zero attached hydrogens (tertiary/aromatic N) is 1. The molecule has 0 aliphatic carbocycles. The average molecular weight is 304 g/mol. The Hall–Kier alpha value is -1.88. The quantitative estimate of drug-likeness (QED) is 0.813. The van der Waals surface area contributed by atoms with Gasteiger partial charge in [0.1, 0.15) is 5.54 Å². The van der Waals surface area contributed by atoms with Gasteiger partial charge in [0.25, 0.3) is 0 Å². The third-order valence-electron chi connectivity index (χ3n) is 4.39. The van der Waals surface area contributed by atoms with Crippen LogP contribution >= 0.6 is 0 Å². The van der Waals surface area contributed by atoms with Crippen molar-refractivity contribution in [2.45, 2.75) is 38.8 Å². The van der Waals surface area contributed by atoms with Crippen molar-refractivity contribution in [3.05, 3.63) is 35.4 Å². The maximum atomic E-state index is 12.5. The molecule has 1 aromatic carbocycles. The van der Waals surface area contributed by atoms with Crippen molar-refractivity contribution >= 4 is 11.8 Å². The highest BCUT2D eigenvalue weighted by Crippen LogP contribution is 2.32. The van der Waals surface area contributed by atoms with E-state index in [1.54, 1.807) is 12.0 Å². The van der Waals surface area contributed by atoms with E-state index >= 15 is 0 Å². The summed E-state index contributed by atoms with van der Waals surface area (Å²) in [6.07, 6.45) is 0.969. The molecule has 1 heterocycles. The Kier molecular flexibility index (Phi) is 5.19. The lowest BCUT2D eigenvalue weighted by Gasteiger charge is -2.34. The molecule has 0 spiro atoms. The van der Waals surface area contributed by atoms with Crippen LogP contribution in [0.25, 0.3) is 0 Å². The first-order chi connectivity index (χ1) is 10.5. The molecule has 1 aromatic rings. The number of benzene rings is 1. The minimum Gasteiger partial charge on any atom is -0.383 e. The lowest BCUT2D eigenvalue weighted by atomic mass is 9.96. The summed E-state index contributed by atoms with van der Waals surface area (Å²) >= 11 is 0. The summed E-state index contributed by atoms with van der Waals surface area (Å²) in [5.74, 6) is -0.0726. The molecule has 1 atom stereocenters. The molecule has 5 nitrogen and oxygen atoms in total. The van der Waals surface area contributed by atoms with Gasteiger partial charge in [0.05, 0.1) is 6.61 Å². The number of rotatable bonds is 6. The summed E-state index contributed by atoms with van der Waals surface area (Å²) in [6.45, 7) is 5.26. The SMILES string of the molecule is COCCNC(=O)[C@@]1(C)CCC(=O)N1Cc1ccccc1C. The van der Waals surface area contributed by atoms with Crippen LogP contribution in [0.5, 0.6) is 0 Å². The smallest absolute Gasteiger partial charge is 0.245 e. The predicted molar refractivity (Wildman–Crippen MR) is 84.3 cm³/mol. The minimum absolute atomic E-state index is 0.0349. The molecule has 2 rings (SSSR count). The fourth-order valence-electron chi connectivity index (χ4n) is 2.81. The number of hydrogen-bond acceptors (Lipinski definition) is 3. The fourth-order valence-corrected chi connectivity index (χ4v) is 2.81. The summed E-state index contributed by atoms with van der Waals surface area (Å²) in [7, 11) is 1.59. The van der Waals surface area contributed by atoms with Crippen LogP contribution in [0.3, 0.4) is 0 Å². The second-order valence-electron chi connectivity index (χ2n) is 5.93. The summed E-state index contributed by atoms with van der Waals surface area (Å²) in [5.41, 5.74) is 1.42. The van der Waals surface area contributed by atoms with Crippen molar-refractivity contribution in [2.75, 3.05) is 20.3 Å². The van der Waals surface area contributed by atoms with E-state index in [0.717, 1.165) is 11.1 Å². The number of methoxy groups -OCH3 is 1. The number of aryl methyl sites for hydroxylation is 1. The Bertz CT molecular complexity index is 559. The third-order valence-corrected chi connectivity index (χ3v) is 4.39. The van der Waals surface area contributed by atoms with Crippen LogP contribution in [-0.2, 0) is 20.9 Å². The van der Waals surface area contributed by atoms with Gasteiger partial charge >= 0.3 is 0 Å². The molecule has 0 radical (unpaired) electrons. The maximum absolute atomic E-state index is 12.5. The van der Waals surface area contributed by atoms with Crippen LogP contribution in [0, 0.1) is 6.92 Å². The zero-order valence-corrected chi connectivity index (χ0v) is 13.5. The van der Waals surface area contributed by atoms with Gasteiger partial charge in [0, 0.05) is 26.6 Å². The lowest BCUT2D eigenvalue weighted by Crippen LogP contribution is -2.54. The Labute approximate surface area is 131 Å². The lowest BCUT2D eigenvalue weighted by molar-refractivity contribution is -0.141. The average Bonchev–Trinajstić information content (AvgIpc) is 2.79. The van der Waals surface area contributed by atoms with Gasteiger partial charge in [0.15, 0.2) is 0 Å². The summed E-state index contributed by atoms with van der Waals surface area (Å²) in [4.78, 5) is 26.5. The standard InChI is InChI=1S/C17H24N2O3/c1-13-6-4-5-7-14(13)12-19-15(20)8-9-17(19,2)16(21)18-10-11-22-3/h4-7H,8-12H2,1-3H3,(H,18,21)/t17-/m1/s1. The zero-order valence-electron chi connectivity index (χ0n) is 13.5. The van der Waals surface area contributed by atoms with Crippen molar-refractivity contribution in [3.63, 3.8) is 0 Å². The van der Waals surface area contributed by atoms with Gasteiger partial charge in [0.2, 0.25) is 11.8 Å². The third kappa shape index (κ3) is 3.30. The van der Waals surface area contributed by atoms with Crippen LogP contribution in [-0.4, -0.2) is 42.5 Å². The topological polar surface area (TPSA) is 58.6 Å². The van der Waals surface area contributed by atoms with E-state index in [1.165, 1.54) is 0 Å². The van der Waals surface area contributed by atoms with Gasteiger partial charge in [-0.1, -0.05) is 24.3 Å². The van der Waals surface area contributed by atoms with Crippen molar-refractivity contribution in [1.82, 2.24) is 10.2 Å². The molecule has 2 amide bonds. The van der Waals surface area contributed by atoms with E-state index in [2.05, 4.69) is 5.32 Å².